The van der Waals surface area contributed by atoms with E-state index in [0.29, 0.717) is 6.04 Å². The number of hydrogen-bond donors (Lipinski definition) is 1. The van der Waals surface area contributed by atoms with Crippen LogP contribution in [0.15, 0.2) is 27.2 Å². The van der Waals surface area contributed by atoms with Gasteiger partial charge in [-0.2, -0.15) is 0 Å². The number of aryl methyl sites for hydroxylation is 2. The molecule has 0 bridgehead atoms. The molecule has 0 radical (unpaired) electrons. The van der Waals surface area contributed by atoms with Gasteiger partial charge in [-0.25, -0.2) is 0 Å². The van der Waals surface area contributed by atoms with Crippen molar-refractivity contribution in [3.63, 3.8) is 0 Å². The van der Waals surface area contributed by atoms with Crippen molar-refractivity contribution in [1.29, 1.82) is 0 Å². The van der Waals surface area contributed by atoms with Crippen LogP contribution in [0, 0.1) is 13.8 Å². The average molecular weight is 288 g/mol. The molecule has 4 heteroatoms. The van der Waals surface area contributed by atoms with Gasteiger partial charge < -0.3 is 14.2 Å². The molecule has 2 aromatic rings. The van der Waals surface area contributed by atoms with Crippen LogP contribution in [0.3, 0.4) is 0 Å². The summed E-state index contributed by atoms with van der Waals surface area (Å²) in [6.07, 6.45) is 4.36. The lowest BCUT2D eigenvalue weighted by Crippen LogP contribution is -2.17. The number of furan rings is 2. The first-order valence-electron chi connectivity index (χ1n) is 7.65. The Morgan fingerprint density at radius 3 is 2.62 bits per heavy atom. The number of nitrogens with one attached hydrogen (secondary N) is 1. The minimum absolute atomic E-state index is 0.714. The van der Waals surface area contributed by atoms with Crippen molar-refractivity contribution in [2.24, 2.45) is 0 Å². The minimum atomic E-state index is 0.714. The molecule has 0 atom stereocenters. The maximum absolute atomic E-state index is 5.84. The molecule has 2 aromatic heterocycles. The van der Waals surface area contributed by atoms with Crippen molar-refractivity contribution >= 4 is 0 Å². The summed E-state index contributed by atoms with van der Waals surface area (Å²) < 4.78 is 11.2. The van der Waals surface area contributed by atoms with E-state index in [-0.39, 0.29) is 0 Å². The van der Waals surface area contributed by atoms with Gasteiger partial charge in [-0.15, -0.1) is 0 Å². The molecule has 0 aliphatic heterocycles. The molecule has 1 aliphatic carbocycles. The van der Waals surface area contributed by atoms with Crippen molar-refractivity contribution in [2.45, 2.75) is 52.4 Å². The predicted octanol–water partition coefficient (Wildman–Crippen LogP) is 3.37. The van der Waals surface area contributed by atoms with E-state index in [4.69, 9.17) is 8.83 Å². The Balaban J connectivity index is 1.57. The third kappa shape index (κ3) is 3.77. The monoisotopic (exact) mass is 288 g/mol. The summed E-state index contributed by atoms with van der Waals surface area (Å²) in [7, 11) is 2.13. The maximum Gasteiger partial charge on any atom is 0.118 e. The molecule has 0 amide bonds. The minimum Gasteiger partial charge on any atom is -0.469 e. The van der Waals surface area contributed by atoms with E-state index in [1.165, 1.54) is 24.0 Å². The molecule has 1 fully saturated rings. The summed E-state index contributed by atoms with van der Waals surface area (Å²) >= 11 is 0. The quantitative estimate of drug-likeness (QED) is 0.848. The Labute approximate surface area is 126 Å². The van der Waals surface area contributed by atoms with Gasteiger partial charge in [0.15, 0.2) is 0 Å². The van der Waals surface area contributed by atoms with Crippen LogP contribution >= 0.6 is 0 Å². The van der Waals surface area contributed by atoms with Gasteiger partial charge in [-0.05, 0) is 45.9 Å². The highest BCUT2D eigenvalue weighted by Crippen LogP contribution is 2.22. The molecule has 114 valence electrons. The van der Waals surface area contributed by atoms with Gasteiger partial charge in [0, 0.05) is 30.3 Å². The van der Waals surface area contributed by atoms with Gasteiger partial charge >= 0.3 is 0 Å². The van der Waals surface area contributed by atoms with Gasteiger partial charge in [0.25, 0.3) is 0 Å². The third-order valence-electron chi connectivity index (χ3n) is 4.06. The molecule has 3 rings (SSSR count). The molecule has 1 aliphatic rings. The van der Waals surface area contributed by atoms with E-state index in [0.717, 1.165) is 36.9 Å². The Morgan fingerprint density at radius 1 is 1.19 bits per heavy atom. The molecule has 0 spiro atoms. The molecule has 1 N–H and O–H groups in total. The van der Waals surface area contributed by atoms with Gasteiger partial charge in [-0.3, -0.25) is 4.90 Å². The summed E-state index contributed by atoms with van der Waals surface area (Å²) in [6.45, 7) is 6.68. The summed E-state index contributed by atoms with van der Waals surface area (Å²) in [5.41, 5.74) is 2.51. The van der Waals surface area contributed by atoms with Crippen LogP contribution in [0.1, 0.15) is 41.2 Å². The van der Waals surface area contributed by atoms with E-state index in [2.05, 4.69) is 23.3 Å². The van der Waals surface area contributed by atoms with Gasteiger partial charge in [0.1, 0.15) is 17.3 Å². The SMILES string of the molecule is Cc1occc1CN(C)Cc1cc(CNC2CC2)oc1C. The van der Waals surface area contributed by atoms with E-state index in [1.54, 1.807) is 6.26 Å². The van der Waals surface area contributed by atoms with Crippen LogP contribution in [-0.2, 0) is 19.6 Å². The standard InChI is InChI=1S/C17H24N2O2/c1-12-14(6-7-20-12)10-19(3)11-15-8-17(21-13(15)2)9-18-16-4-5-16/h6-8,16,18H,4-5,9-11H2,1-3H3. The van der Waals surface area contributed by atoms with Crippen LogP contribution in [0.25, 0.3) is 0 Å². The fourth-order valence-electron chi connectivity index (χ4n) is 2.58. The third-order valence-corrected chi connectivity index (χ3v) is 4.06. The first-order chi connectivity index (χ1) is 10.1. The normalized spacial score (nSPS) is 15.0. The Hall–Kier alpha value is -1.52. The van der Waals surface area contributed by atoms with E-state index in [9.17, 15) is 0 Å². The zero-order valence-corrected chi connectivity index (χ0v) is 13.1. The molecule has 2 heterocycles. The summed E-state index contributed by atoms with van der Waals surface area (Å²) in [5, 5.41) is 3.49. The first kappa shape index (κ1) is 14.4. The number of rotatable bonds is 7. The zero-order valence-electron chi connectivity index (χ0n) is 13.1. The van der Waals surface area contributed by atoms with Gasteiger partial charge in [0.2, 0.25) is 0 Å². The van der Waals surface area contributed by atoms with Crippen molar-refractivity contribution in [3.05, 3.63) is 46.8 Å². The van der Waals surface area contributed by atoms with Crippen LogP contribution in [-0.4, -0.2) is 18.0 Å². The van der Waals surface area contributed by atoms with Crippen LogP contribution < -0.4 is 5.32 Å². The highest BCUT2D eigenvalue weighted by Gasteiger charge is 2.21. The van der Waals surface area contributed by atoms with E-state index >= 15 is 0 Å². The molecule has 21 heavy (non-hydrogen) atoms. The molecule has 1 saturated carbocycles. The fraction of sp³-hybridized carbons (Fsp3) is 0.529. The second-order valence-corrected chi connectivity index (χ2v) is 6.12. The van der Waals surface area contributed by atoms with Crippen molar-refractivity contribution < 1.29 is 8.83 Å². The lowest BCUT2D eigenvalue weighted by molar-refractivity contribution is 0.313. The smallest absolute Gasteiger partial charge is 0.118 e. The second kappa shape index (κ2) is 6.08. The highest BCUT2D eigenvalue weighted by molar-refractivity contribution is 5.21. The lowest BCUT2D eigenvalue weighted by Gasteiger charge is -2.15. The topological polar surface area (TPSA) is 41.6 Å². The van der Waals surface area contributed by atoms with E-state index < -0.39 is 0 Å². The van der Waals surface area contributed by atoms with E-state index in [1.807, 2.05) is 19.9 Å². The average Bonchev–Trinajstić information content (AvgIpc) is 3.10. The second-order valence-electron chi connectivity index (χ2n) is 6.12. The van der Waals surface area contributed by atoms with Crippen molar-refractivity contribution in [3.8, 4) is 0 Å². The van der Waals surface area contributed by atoms with Gasteiger partial charge in [-0.1, -0.05) is 0 Å². The fourth-order valence-corrected chi connectivity index (χ4v) is 2.58. The molecule has 0 unspecified atom stereocenters. The number of hydrogen-bond acceptors (Lipinski definition) is 4. The highest BCUT2D eigenvalue weighted by atomic mass is 16.3. The number of nitrogens with zero attached hydrogens (tertiary/aromatic N) is 1. The van der Waals surface area contributed by atoms with Crippen LogP contribution in [0.4, 0.5) is 0 Å². The summed E-state index contributed by atoms with van der Waals surface area (Å²) in [4.78, 5) is 2.29. The molecular weight excluding hydrogens is 264 g/mol. The maximum atomic E-state index is 5.84. The van der Waals surface area contributed by atoms with Crippen molar-refractivity contribution in [2.75, 3.05) is 7.05 Å². The largest absolute Gasteiger partial charge is 0.469 e. The molecule has 0 aromatic carbocycles. The first-order valence-corrected chi connectivity index (χ1v) is 7.65. The van der Waals surface area contributed by atoms with Crippen LogP contribution in [0.2, 0.25) is 0 Å². The Kier molecular flexibility index (Phi) is 4.17. The summed E-state index contributed by atoms with van der Waals surface area (Å²) in [5.74, 6) is 3.07. The van der Waals surface area contributed by atoms with Gasteiger partial charge in [0.05, 0.1) is 12.8 Å². The predicted molar refractivity (Wildman–Crippen MR) is 81.9 cm³/mol. The molecule has 0 saturated heterocycles. The Morgan fingerprint density at radius 2 is 1.95 bits per heavy atom. The Bertz CT molecular complexity index is 596. The zero-order chi connectivity index (χ0) is 14.8. The van der Waals surface area contributed by atoms with Crippen molar-refractivity contribution in [1.82, 2.24) is 10.2 Å². The van der Waals surface area contributed by atoms with Crippen LogP contribution in [0.5, 0.6) is 0 Å². The molecule has 4 nitrogen and oxygen atoms in total. The molecular formula is C17H24N2O2. The lowest BCUT2D eigenvalue weighted by atomic mass is 10.2. The summed E-state index contributed by atoms with van der Waals surface area (Å²) in [6, 6.07) is 4.94.